The maximum absolute atomic E-state index is 5.17. The van der Waals surface area contributed by atoms with Gasteiger partial charge in [0.1, 0.15) is 5.75 Å². The van der Waals surface area contributed by atoms with Crippen molar-refractivity contribution >= 4 is 0 Å². The van der Waals surface area contributed by atoms with Gasteiger partial charge in [0.15, 0.2) is 0 Å². The number of methoxy groups -OCH3 is 1. The minimum Gasteiger partial charge on any atom is -0.497 e. The van der Waals surface area contributed by atoms with Crippen LogP contribution in [0.3, 0.4) is 0 Å². The molecule has 1 aromatic carbocycles. The second-order valence-electron chi connectivity index (χ2n) is 4.99. The first-order valence-electron chi connectivity index (χ1n) is 6.02. The van der Waals surface area contributed by atoms with Gasteiger partial charge < -0.3 is 9.64 Å². The highest BCUT2D eigenvalue weighted by molar-refractivity contribution is 5.27. The molecule has 2 unspecified atom stereocenters. The van der Waals surface area contributed by atoms with Gasteiger partial charge >= 0.3 is 0 Å². The first-order valence-corrected chi connectivity index (χ1v) is 6.02. The Morgan fingerprint density at radius 2 is 2.00 bits per heavy atom. The number of hydrogen-bond donors (Lipinski definition) is 0. The molecular formula is C14H21NO. The van der Waals surface area contributed by atoms with Gasteiger partial charge in [0, 0.05) is 12.6 Å². The van der Waals surface area contributed by atoms with Gasteiger partial charge in [-0.15, -0.1) is 0 Å². The summed E-state index contributed by atoms with van der Waals surface area (Å²) in [6.07, 6.45) is 2.48. The van der Waals surface area contributed by atoms with Crippen LogP contribution in [0.25, 0.3) is 0 Å². The molecule has 2 heteroatoms. The van der Waals surface area contributed by atoms with Gasteiger partial charge in [-0.2, -0.15) is 0 Å². The first-order chi connectivity index (χ1) is 7.69. The maximum Gasteiger partial charge on any atom is 0.118 e. The van der Waals surface area contributed by atoms with Crippen LogP contribution < -0.4 is 4.74 Å². The monoisotopic (exact) mass is 219 g/mol. The molecule has 0 aliphatic carbocycles. The molecule has 1 heterocycles. The highest BCUT2D eigenvalue weighted by atomic mass is 16.5. The van der Waals surface area contributed by atoms with Crippen LogP contribution in [0.4, 0.5) is 0 Å². The van der Waals surface area contributed by atoms with E-state index in [1.54, 1.807) is 7.11 Å². The van der Waals surface area contributed by atoms with Crippen molar-refractivity contribution in [3.63, 3.8) is 0 Å². The first kappa shape index (κ1) is 11.5. The Morgan fingerprint density at radius 3 is 2.50 bits per heavy atom. The quantitative estimate of drug-likeness (QED) is 0.774. The molecule has 0 amide bonds. The smallest absolute Gasteiger partial charge is 0.118 e. The van der Waals surface area contributed by atoms with E-state index >= 15 is 0 Å². The fraction of sp³-hybridized carbons (Fsp3) is 0.571. The van der Waals surface area contributed by atoms with Crippen molar-refractivity contribution in [2.75, 3.05) is 20.7 Å². The van der Waals surface area contributed by atoms with Crippen LogP contribution in [0.2, 0.25) is 0 Å². The second kappa shape index (κ2) is 4.88. The van der Waals surface area contributed by atoms with Gasteiger partial charge in [0.2, 0.25) is 0 Å². The molecule has 1 fully saturated rings. The van der Waals surface area contributed by atoms with E-state index < -0.39 is 0 Å². The number of ether oxygens (including phenoxy) is 1. The Labute approximate surface area is 98.2 Å². The van der Waals surface area contributed by atoms with E-state index in [2.05, 4.69) is 31.0 Å². The number of nitrogens with zero attached hydrogens (tertiary/aromatic N) is 1. The summed E-state index contributed by atoms with van der Waals surface area (Å²) in [7, 11) is 3.94. The Morgan fingerprint density at radius 1 is 1.31 bits per heavy atom. The zero-order valence-electron chi connectivity index (χ0n) is 10.4. The molecule has 2 rings (SSSR count). The van der Waals surface area contributed by atoms with Gasteiger partial charge in [-0.25, -0.2) is 0 Å². The molecule has 0 radical (unpaired) electrons. The van der Waals surface area contributed by atoms with Gasteiger partial charge in [-0.1, -0.05) is 19.1 Å². The van der Waals surface area contributed by atoms with Crippen LogP contribution in [0, 0.1) is 5.92 Å². The largest absolute Gasteiger partial charge is 0.497 e. The summed E-state index contributed by atoms with van der Waals surface area (Å²) < 4.78 is 5.17. The Balaban J connectivity index is 1.98. The third-order valence-corrected chi connectivity index (χ3v) is 3.53. The van der Waals surface area contributed by atoms with Gasteiger partial charge in [-0.3, -0.25) is 0 Å². The van der Waals surface area contributed by atoms with Gasteiger partial charge in [0.05, 0.1) is 7.11 Å². The molecule has 1 saturated heterocycles. The number of rotatable bonds is 3. The van der Waals surface area contributed by atoms with Crippen LogP contribution in [0.1, 0.15) is 18.9 Å². The topological polar surface area (TPSA) is 12.5 Å². The molecule has 1 aliphatic heterocycles. The molecule has 2 atom stereocenters. The van der Waals surface area contributed by atoms with Crippen molar-refractivity contribution in [3.8, 4) is 5.75 Å². The summed E-state index contributed by atoms with van der Waals surface area (Å²) in [5.41, 5.74) is 1.41. The third-order valence-electron chi connectivity index (χ3n) is 3.53. The second-order valence-corrected chi connectivity index (χ2v) is 4.99. The van der Waals surface area contributed by atoms with Crippen molar-refractivity contribution in [2.24, 2.45) is 5.92 Å². The van der Waals surface area contributed by atoms with Crippen molar-refractivity contribution in [1.82, 2.24) is 4.90 Å². The van der Waals surface area contributed by atoms with E-state index in [-0.39, 0.29) is 0 Å². The number of hydrogen-bond acceptors (Lipinski definition) is 2. The molecule has 88 valence electrons. The van der Waals surface area contributed by atoms with Gasteiger partial charge in [0.25, 0.3) is 0 Å². The fourth-order valence-corrected chi connectivity index (χ4v) is 2.63. The zero-order chi connectivity index (χ0) is 11.5. The van der Waals surface area contributed by atoms with E-state index in [9.17, 15) is 0 Å². The maximum atomic E-state index is 5.17. The SMILES string of the molecule is COc1ccc(CC2CC(C)CN2C)cc1. The predicted octanol–water partition coefficient (Wildman–Crippen LogP) is 2.58. The highest BCUT2D eigenvalue weighted by Crippen LogP contribution is 2.24. The van der Waals surface area contributed by atoms with E-state index in [4.69, 9.17) is 4.74 Å². The molecule has 1 aliphatic rings. The molecule has 1 aromatic rings. The number of likely N-dealkylation sites (tertiary alicyclic amines) is 1. The van der Waals surface area contributed by atoms with E-state index in [0.29, 0.717) is 6.04 Å². The van der Waals surface area contributed by atoms with Crippen LogP contribution in [-0.2, 0) is 6.42 Å². The predicted molar refractivity (Wildman–Crippen MR) is 66.9 cm³/mol. The fourth-order valence-electron chi connectivity index (χ4n) is 2.63. The van der Waals surface area contributed by atoms with Crippen molar-refractivity contribution in [3.05, 3.63) is 29.8 Å². The average molecular weight is 219 g/mol. The van der Waals surface area contributed by atoms with Crippen LogP contribution in [0.5, 0.6) is 5.75 Å². The zero-order valence-corrected chi connectivity index (χ0v) is 10.4. The summed E-state index contributed by atoms with van der Waals surface area (Å²) in [6.45, 7) is 3.57. The normalized spacial score (nSPS) is 25.9. The van der Waals surface area contributed by atoms with E-state index in [1.807, 2.05) is 12.1 Å². The average Bonchev–Trinajstić information content (AvgIpc) is 2.59. The van der Waals surface area contributed by atoms with Crippen molar-refractivity contribution < 1.29 is 4.74 Å². The summed E-state index contributed by atoms with van der Waals surface area (Å²) in [5, 5.41) is 0. The number of benzene rings is 1. The summed E-state index contributed by atoms with van der Waals surface area (Å²) in [5.74, 6) is 1.78. The summed E-state index contributed by atoms with van der Waals surface area (Å²) in [6, 6.07) is 9.16. The van der Waals surface area contributed by atoms with Crippen molar-refractivity contribution in [1.29, 1.82) is 0 Å². The van der Waals surface area contributed by atoms with Crippen molar-refractivity contribution in [2.45, 2.75) is 25.8 Å². The Bertz CT molecular complexity index is 333. The minimum atomic E-state index is 0.711. The van der Waals surface area contributed by atoms with Crippen LogP contribution in [0.15, 0.2) is 24.3 Å². The molecule has 0 saturated carbocycles. The van der Waals surface area contributed by atoms with E-state index in [0.717, 1.165) is 18.1 Å². The lowest BCUT2D eigenvalue weighted by Gasteiger charge is -2.19. The minimum absolute atomic E-state index is 0.711. The lowest BCUT2D eigenvalue weighted by atomic mass is 10.0. The Hall–Kier alpha value is -1.02. The van der Waals surface area contributed by atoms with Crippen LogP contribution in [-0.4, -0.2) is 31.6 Å². The van der Waals surface area contributed by atoms with E-state index in [1.165, 1.54) is 18.5 Å². The Kier molecular flexibility index (Phi) is 3.49. The molecule has 0 bridgehead atoms. The third kappa shape index (κ3) is 2.56. The molecule has 0 aromatic heterocycles. The molecular weight excluding hydrogens is 198 g/mol. The molecule has 16 heavy (non-hydrogen) atoms. The van der Waals surface area contributed by atoms with Gasteiger partial charge in [-0.05, 0) is 43.5 Å². The summed E-state index contributed by atoms with van der Waals surface area (Å²) in [4.78, 5) is 2.48. The highest BCUT2D eigenvalue weighted by Gasteiger charge is 2.26. The molecule has 2 nitrogen and oxygen atoms in total. The lowest BCUT2D eigenvalue weighted by Crippen LogP contribution is -2.26. The van der Waals surface area contributed by atoms with Crippen LogP contribution >= 0.6 is 0 Å². The molecule has 0 N–H and O–H groups in total. The molecule has 0 spiro atoms. The number of likely N-dealkylation sites (N-methyl/N-ethyl adjacent to an activating group) is 1. The summed E-state index contributed by atoms with van der Waals surface area (Å²) >= 11 is 0. The lowest BCUT2D eigenvalue weighted by molar-refractivity contribution is 0.307. The standard InChI is InChI=1S/C14H21NO/c1-11-8-13(15(2)10-11)9-12-4-6-14(16-3)7-5-12/h4-7,11,13H,8-10H2,1-3H3.